The Balaban J connectivity index is 2.37. The number of hydrogen-bond donors (Lipinski definition) is 2. The highest BCUT2D eigenvalue weighted by Crippen LogP contribution is 2.55. The zero-order valence-electron chi connectivity index (χ0n) is 11.1. The molecule has 1 saturated carbocycles. The number of nitrogens with one attached hydrogen (secondary N) is 1. The van der Waals surface area contributed by atoms with Gasteiger partial charge in [0, 0.05) is 6.04 Å². The molecule has 1 fully saturated rings. The Kier molecular flexibility index (Phi) is 2.41. The van der Waals surface area contributed by atoms with E-state index < -0.39 is 17.1 Å². The number of carboxylic acids is 1. The van der Waals surface area contributed by atoms with Crippen molar-refractivity contribution in [2.45, 2.75) is 26.3 Å². The summed E-state index contributed by atoms with van der Waals surface area (Å²) in [5.41, 5.74) is -0.327. The van der Waals surface area contributed by atoms with E-state index in [4.69, 9.17) is 5.11 Å². The minimum absolute atomic E-state index is 0.0518. The quantitative estimate of drug-likeness (QED) is 0.809. The van der Waals surface area contributed by atoms with Crippen LogP contribution in [0.25, 0.3) is 11.0 Å². The van der Waals surface area contributed by atoms with Gasteiger partial charge in [-0.2, -0.15) is 0 Å². The summed E-state index contributed by atoms with van der Waals surface area (Å²) in [4.78, 5) is 37.4. The van der Waals surface area contributed by atoms with Crippen molar-refractivity contribution in [2.24, 2.45) is 5.41 Å². The van der Waals surface area contributed by atoms with Crippen LogP contribution in [0.4, 0.5) is 0 Å². The average molecular weight is 274 g/mol. The Morgan fingerprint density at radius 1 is 1.40 bits per heavy atom. The molecule has 1 aromatic heterocycles. The number of aromatic amines is 1. The van der Waals surface area contributed by atoms with Gasteiger partial charge in [-0.25, -0.2) is 4.79 Å². The summed E-state index contributed by atoms with van der Waals surface area (Å²) in [7, 11) is 0. The highest BCUT2D eigenvalue weighted by Gasteiger charge is 2.48. The van der Waals surface area contributed by atoms with E-state index in [0.717, 1.165) is 6.42 Å². The number of benzene rings is 1. The van der Waals surface area contributed by atoms with Gasteiger partial charge in [0.15, 0.2) is 0 Å². The van der Waals surface area contributed by atoms with Gasteiger partial charge < -0.3 is 10.1 Å². The molecule has 2 N–H and O–H groups in total. The fourth-order valence-electron chi connectivity index (χ4n) is 2.55. The van der Waals surface area contributed by atoms with Gasteiger partial charge >= 0.3 is 17.1 Å². The maximum absolute atomic E-state index is 12.1. The molecule has 2 aromatic rings. The first-order valence-electron chi connectivity index (χ1n) is 6.33. The van der Waals surface area contributed by atoms with Crippen LogP contribution < -0.4 is 11.1 Å². The summed E-state index contributed by atoms with van der Waals surface area (Å²) in [5, 5.41) is 9.06. The maximum Gasteiger partial charge on any atom is 0.335 e. The third-order valence-corrected chi connectivity index (χ3v) is 3.94. The molecular formula is C14H14N2O4. The van der Waals surface area contributed by atoms with Crippen LogP contribution in [0.15, 0.2) is 27.8 Å². The number of H-pyrrole nitrogens is 1. The van der Waals surface area contributed by atoms with E-state index in [0.29, 0.717) is 11.0 Å². The molecule has 1 aliphatic rings. The molecule has 1 unspecified atom stereocenters. The molecule has 20 heavy (non-hydrogen) atoms. The summed E-state index contributed by atoms with van der Waals surface area (Å²) in [6, 6.07) is 4.30. The second-order valence-electron chi connectivity index (χ2n) is 5.87. The normalized spacial score (nSPS) is 20.0. The molecule has 0 saturated heterocycles. The fraction of sp³-hybridized carbons (Fsp3) is 0.357. The summed E-state index contributed by atoms with van der Waals surface area (Å²) >= 11 is 0. The molecule has 0 bridgehead atoms. The first-order valence-corrected chi connectivity index (χ1v) is 6.33. The lowest BCUT2D eigenvalue weighted by Crippen LogP contribution is -2.36. The van der Waals surface area contributed by atoms with Crippen LogP contribution in [-0.2, 0) is 0 Å². The first-order chi connectivity index (χ1) is 9.31. The number of nitrogens with zero attached hydrogens (tertiary/aromatic N) is 1. The molecule has 6 heteroatoms. The largest absolute Gasteiger partial charge is 0.478 e. The Morgan fingerprint density at radius 2 is 2.05 bits per heavy atom. The van der Waals surface area contributed by atoms with Crippen LogP contribution in [0.3, 0.4) is 0 Å². The van der Waals surface area contributed by atoms with Gasteiger partial charge in [0.25, 0.3) is 0 Å². The lowest BCUT2D eigenvalue weighted by molar-refractivity contribution is 0.0697. The highest BCUT2D eigenvalue weighted by atomic mass is 16.4. The van der Waals surface area contributed by atoms with Crippen LogP contribution in [0.5, 0.6) is 0 Å². The molecule has 104 valence electrons. The highest BCUT2D eigenvalue weighted by molar-refractivity contribution is 5.92. The van der Waals surface area contributed by atoms with Crippen molar-refractivity contribution in [3.05, 3.63) is 44.5 Å². The van der Waals surface area contributed by atoms with Crippen molar-refractivity contribution in [2.75, 3.05) is 0 Å². The van der Waals surface area contributed by atoms with Crippen molar-refractivity contribution in [1.29, 1.82) is 0 Å². The summed E-state index contributed by atoms with van der Waals surface area (Å²) < 4.78 is 1.43. The van der Waals surface area contributed by atoms with Crippen LogP contribution in [-0.4, -0.2) is 20.6 Å². The van der Waals surface area contributed by atoms with E-state index in [2.05, 4.69) is 4.98 Å². The monoisotopic (exact) mass is 274 g/mol. The third kappa shape index (κ3) is 1.76. The maximum atomic E-state index is 12.1. The van der Waals surface area contributed by atoms with Gasteiger partial charge in [-0.15, -0.1) is 0 Å². The Bertz CT molecular complexity index is 844. The minimum Gasteiger partial charge on any atom is -0.478 e. The number of hydrogen-bond acceptors (Lipinski definition) is 3. The smallest absolute Gasteiger partial charge is 0.335 e. The zero-order chi connectivity index (χ0) is 14.7. The number of aromatic carboxylic acids is 1. The molecule has 3 rings (SSSR count). The average Bonchev–Trinajstić information content (AvgIpc) is 2.98. The molecule has 0 aliphatic heterocycles. The van der Waals surface area contributed by atoms with Crippen LogP contribution >= 0.6 is 0 Å². The molecule has 0 spiro atoms. The summed E-state index contributed by atoms with van der Waals surface area (Å²) in [6.07, 6.45) is 0.794. The molecule has 1 aliphatic carbocycles. The number of carboxylic acid groups (broad SMARTS) is 1. The van der Waals surface area contributed by atoms with E-state index in [1.165, 1.54) is 22.8 Å². The van der Waals surface area contributed by atoms with Crippen molar-refractivity contribution in [1.82, 2.24) is 9.55 Å². The topological polar surface area (TPSA) is 92.2 Å². The third-order valence-electron chi connectivity index (χ3n) is 3.94. The lowest BCUT2D eigenvalue weighted by Gasteiger charge is -2.11. The van der Waals surface area contributed by atoms with E-state index in [1.54, 1.807) is 0 Å². The standard InChI is InChI=1S/C14H14N2O4/c1-14(2)6-10(14)16-9-5-7(13(19)20)3-4-8(9)15-11(17)12(16)18/h3-5,10H,6H2,1-2H3,(H,15,17)(H,19,20). The van der Waals surface area contributed by atoms with Crippen molar-refractivity contribution in [3.63, 3.8) is 0 Å². The van der Waals surface area contributed by atoms with E-state index in [-0.39, 0.29) is 17.0 Å². The molecule has 1 aromatic carbocycles. The van der Waals surface area contributed by atoms with Gasteiger partial charge in [-0.3, -0.25) is 14.2 Å². The number of fused-ring (bicyclic) bond motifs is 1. The predicted octanol–water partition coefficient (Wildman–Crippen LogP) is 1.36. The molecular weight excluding hydrogens is 260 g/mol. The van der Waals surface area contributed by atoms with Crippen molar-refractivity contribution in [3.8, 4) is 0 Å². The van der Waals surface area contributed by atoms with Crippen LogP contribution in [0, 0.1) is 5.41 Å². The Hall–Kier alpha value is -2.37. The van der Waals surface area contributed by atoms with Crippen molar-refractivity contribution < 1.29 is 9.90 Å². The van der Waals surface area contributed by atoms with E-state index in [9.17, 15) is 14.4 Å². The Morgan fingerprint density at radius 3 is 2.60 bits per heavy atom. The predicted molar refractivity (Wildman–Crippen MR) is 73.2 cm³/mol. The van der Waals surface area contributed by atoms with E-state index >= 15 is 0 Å². The minimum atomic E-state index is -1.06. The molecule has 6 nitrogen and oxygen atoms in total. The van der Waals surface area contributed by atoms with Crippen LogP contribution in [0.2, 0.25) is 0 Å². The first kappa shape index (κ1) is 12.7. The number of rotatable bonds is 2. The fourth-order valence-corrected chi connectivity index (χ4v) is 2.55. The zero-order valence-corrected chi connectivity index (χ0v) is 11.1. The van der Waals surface area contributed by atoms with Gasteiger partial charge in [0.05, 0.1) is 16.6 Å². The van der Waals surface area contributed by atoms with Crippen LogP contribution in [0.1, 0.15) is 36.7 Å². The summed E-state index contributed by atoms with van der Waals surface area (Å²) in [5.74, 6) is -1.06. The van der Waals surface area contributed by atoms with Gasteiger partial charge in [-0.05, 0) is 30.0 Å². The van der Waals surface area contributed by atoms with E-state index in [1.807, 2.05) is 13.8 Å². The second-order valence-corrected chi connectivity index (χ2v) is 5.87. The van der Waals surface area contributed by atoms with Gasteiger partial charge in [0.1, 0.15) is 0 Å². The number of aromatic nitrogens is 2. The lowest BCUT2D eigenvalue weighted by atomic mass is 10.1. The second kappa shape index (κ2) is 3.82. The SMILES string of the molecule is CC1(C)CC1n1c(=O)c(=O)[nH]c2ccc(C(=O)O)cc21. The molecule has 0 radical (unpaired) electrons. The van der Waals surface area contributed by atoms with Gasteiger partial charge in [0.2, 0.25) is 0 Å². The van der Waals surface area contributed by atoms with Gasteiger partial charge in [-0.1, -0.05) is 13.8 Å². The molecule has 1 atom stereocenters. The number of carbonyl (C=O) groups is 1. The molecule has 1 heterocycles. The van der Waals surface area contributed by atoms with Crippen molar-refractivity contribution >= 4 is 17.0 Å². The molecule has 0 amide bonds. The summed E-state index contributed by atoms with van der Waals surface area (Å²) in [6.45, 7) is 4.02. The Labute approximate surface area is 113 Å².